The molecule has 6 nitrogen and oxygen atoms in total. The molecular formula is C9H11N5OS. The van der Waals surface area contributed by atoms with Crippen LogP contribution < -0.4 is 5.73 Å². The van der Waals surface area contributed by atoms with E-state index in [1.165, 1.54) is 6.33 Å². The smallest absolute Gasteiger partial charge is 0.184 e. The molecule has 1 aliphatic heterocycles. The number of nitrogens with one attached hydrogen (secondary N) is 1. The van der Waals surface area contributed by atoms with Gasteiger partial charge in [-0.15, -0.1) is 11.3 Å². The highest BCUT2D eigenvalue weighted by Gasteiger charge is 2.28. The first kappa shape index (κ1) is 9.88. The zero-order chi connectivity index (χ0) is 11.0. The van der Waals surface area contributed by atoms with Crippen LogP contribution in [0.5, 0.6) is 0 Å². The summed E-state index contributed by atoms with van der Waals surface area (Å²) in [6, 6.07) is 0.0460. The molecule has 0 bridgehead atoms. The van der Waals surface area contributed by atoms with Gasteiger partial charge in [0.25, 0.3) is 0 Å². The Bertz CT molecular complexity index is 468. The number of hydrogen-bond acceptors (Lipinski definition) is 6. The molecule has 1 saturated heterocycles. The van der Waals surface area contributed by atoms with Gasteiger partial charge in [-0.05, 0) is 0 Å². The van der Waals surface area contributed by atoms with E-state index in [0.717, 1.165) is 10.7 Å². The zero-order valence-corrected chi connectivity index (χ0v) is 9.28. The van der Waals surface area contributed by atoms with Gasteiger partial charge in [-0.25, -0.2) is 9.97 Å². The van der Waals surface area contributed by atoms with Crippen LogP contribution in [0.1, 0.15) is 11.6 Å². The molecule has 3 heterocycles. The van der Waals surface area contributed by atoms with E-state index in [1.54, 1.807) is 11.3 Å². The third-order valence-corrected chi connectivity index (χ3v) is 3.51. The summed E-state index contributed by atoms with van der Waals surface area (Å²) in [5.41, 5.74) is 6.93. The zero-order valence-electron chi connectivity index (χ0n) is 8.46. The van der Waals surface area contributed by atoms with Crippen LogP contribution in [0.25, 0.3) is 10.8 Å². The Morgan fingerprint density at radius 3 is 3.12 bits per heavy atom. The van der Waals surface area contributed by atoms with Crippen LogP contribution >= 0.6 is 11.3 Å². The predicted octanol–water partition coefficient (Wildman–Crippen LogP) is 0.369. The fourth-order valence-corrected chi connectivity index (χ4v) is 2.58. The lowest BCUT2D eigenvalue weighted by molar-refractivity contribution is 0.190. The molecule has 3 rings (SSSR count). The van der Waals surface area contributed by atoms with Gasteiger partial charge in [0.15, 0.2) is 10.8 Å². The van der Waals surface area contributed by atoms with Crippen molar-refractivity contribution < 1.29 is 4.74 Å². The summed E-state index contributed by atoms with van der Waals surface area (Å²) in [4.78, 5) is 8.57. The quantitative estimate of drug-likeness (QED) is 0.787. The Morgan fingerprint density at radius 2 is 2.44 bits per heavy atom. The summed E-state index contributed by atoms with van der Waals surface area (Å²) in [5, 5.41) is 9.44. The molecule has 7 heteroatoms. The van der Waals surface area contributed by atoms with Crippen molar-refractivity contribution in [2.75, 3.05) is 13.2 Å². The fourth-order valence-electron chi connectivity index (χ4n) is 1.75. The summed E-state index contributed by atoms with van der Waals surface area (Å²) >= 11 is 1.54. The van der Waals surface area contributed by atoms with E-state index in [9.17, 15) is 0 Å². The molecule has 2 aromatic heterocycles. The Labute approximate surface area is 95.9 Å². The van der Waals surface area contributed by atoms with E-state index in [4.69, 9.17) is 10.5 Å². The Hall–Kier alpha value is -1.31. The second kappa shape index (κ2) is 3.93. The second-order valence-corrected chi connectivity index (χ2v) is 4.58. The van der Waals surface area contributed by atoms with Crippen LogP contribution in [0, 0.1) is 0 Å². The number of aromatic nitrogens is 4. The number of hydrogen-bond donors (Lipinski definition) is 2. The average molecular weight is 237 g/mol. The number of rotatable bonds is 2. The summed E-state index contributed by atoms with van der Waals surface area (Å²) in [6.07, 6.45) is 1.47. The van der Waals surface area contributed by atoms with E-state index >= 15 is 0 Å². The van der Waals surface area contributed by atoms with E-state index in [1.807, 2.05) is 5.38 Å². The van der Waals surface area contributed by atoms with Crippen LogP contribution in [-0.4, -0.2) is 39.4 Å². The fraction of sp³-hybridized carbons (Fsp3) is 0.444. The maximum atomic E-state index is 5.94. The van der Waals surface area contributed by atoms with Crippen LogP contribution in [0.3, 0.4) is 0 Å². The first-order valence-electron chi connectivity index (χ1n) is 4.99. The molecule has 0 aliphatic carbocycles. The van der Waals surface area contributed by atoms with Gasteiger partial charge in [0, 0.05) is 17.3 Å². The van der Waals surface area contributed by atoms with Crippen LogP contribution in [-0.2, 0) is 4.74 Å². The van der Waals surface area contributed by atoms with E-state index in [0.29, 0.717) is 19.0 Å². The van der Waals surface area contributed by atoms with Crippen molar-refractivity contribution in [1.82, 2.24) is 20.2 Å². The molecular weight excluding hydrogens is 226 g/mol. The normalized spacial score (nSPS) is 25.1. The molecule has 2 aromatic rings. The molecule has 0 saturated carbocycles. The molecule has 1 fully saturated rings. The lowest BCUT2D eigenvalue weighted by atomic mass is 10.0. The number of H-pyrrole nitrogens is 1. The lowest BCUT2D eigenvalue weighted by Gasteiger charge is -2.08. The first-order chi connectivity index (χ1) is 7.84. The Kier molecular flexibility index (Phi) is 2.43. The number of aromatic amines is 1. The van der Waals surface area contributed by atoms with E-state index in [-0.39, 0.29) is 12.0 Å². The van der Waals surface area contributed by atoms with Gasteiger partial charge >= 0.3 is 0 Å². The minimum atomic E-state index is 0.0460. The molecule has 0 amide bonds. The third-order valence-electron chi connectivity index (χ3n) is 2.64. The number of ether oxygens (including phenoxy) is 1. The van der Waals surface area contributed by atoms with E-state index < -0.39 is 0 Å². The Morgan fingerprint density at radius 1 is 1.50 bits per heavy atom. The molecule has 0 spiro atoms. The molecule has 84 valence electrons. The highest BCUT2D eigenvalue weighted by molar-refractivity contribution is 7.13. The molecule has 2 unspecified atom stereocenters. The van der Waals surface area contributed by atoms with Gasteiger partial charge in [-0.1, -0.05) is 0 Å². The topological polar surface area (TPSA) is 89.7 Å². The maximum absolute atomic E-state index is 5.94. The molecule has 1 aliphatic rings. The van der Waals surface area contributed by atoms with Gasteiger partial charge in [0.2, 0.25) is 0 Å². The van der Waals surface area contributed by atoms with Crippen molar-refractivity contribution in [3.05, 3.63) is 17.4 Å². The minimum Gasteiger partial charge on any atom is -0.379 e. The predicted molar refractivity (Wildman–Crippen MR) is 59.0 cm³/mol. The van der Waals surface area contributed by atoms with E-state index in [2.05, 4.69) is 20.2 Å². The van der Waals surface area contributed by atoms with Crippen molar-refractivity contribution in [2.24, 2.45) is 5.73 Å². The van der Waals surface area contributed by atoms with Gasteiger partial charge in [0.1, 0.15) is 6.33 Å². The van der Waals surface area contributed by atoms with Crippen molar-refractivity contribution in [3.63, 3.8) is 0 Å². The molecule has 3 N–H and O–H groups in total. The van der Waals surface area contributed by atoms with Gasteiger partial charge in [0.05, 0.1) is 18.9 Å². The monoisotopic (exact) mass is 237 g/mol. The summed E-state index contributed by atoms with van der Waals surface area (Å²) < 4.78 is 5.33. The summed E-state index contributed by atoms with van der Waals surface area (Å²) in [5.74, 6) is 0.900. The Balaban J connectivity index is 1.88. The van der Waals surface area contributed by atoms with Crippen LogP contribution in [0.15, 0.2) is 11.7 Å². The minimum absolute atomic E-state index is 0.0460. The lowest BCUT2D eigenvalue weighted by Crippen LogP contribution is -2.26. The van der Waals surface area contributed by atoms with Crippen LogP contribution in [0.4, 0.5) is 0 Å². The molecule has 0 radical (unpaired) electrons. The van der Waals surface area contributed by atoms with Gasteiger partial charge < -0.3 is 10.5 Å². The average Bonchev–Trinajstić information content (AvgIpc) is 2.96. The number of nitrogens with two attached hydrogens (primary N) is 1. The largest absolute Gasteiger partial charge is 0.379 e. The summed E-state index contributed by atoms with van der Waals surface area (Å²) in [6.45, 7) is 1.26. The number of nitrogens with zero attached hydrogens (tertiary/aromatic N) is 3. The highest BCUT2D eigenvalue weighted by Crippen LogP contribution is 2.28. The maximum Gasteiger partial charge on any atom is 0.184 e. The number of thiazole rings is 1. The standard InChI is InChI=1S/C9H11N5OS/c10-6-2-15-1-5(6)7-3-16-9(13-7)8-11-4-12-14-8/h3-6H,1-2,10H2,(H,11,12,14). The second-order valence-electron chi connectivity index (χ2n) is 3.72. The first-order valence-corrected chi connectivity index (χ1v) is 5.87. The molecule has 2 atom stereocenters. The van der Waals surface area contributed by atoms with Crippen molar-refractivity contribution >= 4 is 11.3 Å². The summed E-state index contributed by atoms with van der Waals surface area (Å²) in [7, 11) is 0. The SMILES string of the molecule is NC1COCC1c1csc(-c2ncn[nH]2)n1. The molecule has 0 aromatic carbocycles. The van der Waals surface area contributed by atoms with Gasteiger partial charge in [-0.2, -0.15) is 5.10 Å². The van der Waals surface area contributed by atoms with Crippen LogP contribution in [0.2, 0.25) is 0 Å². The van der Waals surface area contributed by atoms with Crippen molar-refractivity contribution in [3.8, 4) is 10.8 Å². The van der Waals surface area contributed by atoms with Gasteiger partial charge in [-0.3, -0.25) is 5.10 Å². The van der Waals surface area contributed by atoms with Crippen molar-refractivity contribution in [2.45, 2.75) is 12.0 Å². The third kappa shape index (κ3) is 1.62. The van der Waals surface area contributed by atoms with Crippen molar-refractivity contribution in [1.29, 1.82) is 0 Å². The molecule has 16 heavy (non-hydrogen) atoms. The highest BCUT2D eigenvalue weighted by atomic mass is 32.1.